The summed E-state index contributed by atoms with van der Waals surface area (Å²) in [5.41, 5.74) is 0.286. The Bertz CT molecular complexity index is 685. The van der Waals surface area contributed by atoms with E-state index in [0.717, 1.165) is 0 Å². The first-order valence-electron chi connectivity index (χ1n) is 5.93. The number of benzene rings is 1. The molecule has 20 heavy (non-hydrogen) atoms. The fraction of sp³-hybridized carbons (Fsp3) is 0.143. The first-order valence-corrected chi connectivity index (χ1v) is 5.93. The van der Waals surface area contributed by atoms with Gasteiger partial charge in [-0.15, -0.1) is 0 Å². The number of carbonyl (C=O) groups excluding carboxylic acids is 1. The quantitative estimate of drug-likeness (QED) is 0.861. The van der Waals surface area contributed by atoms with Crippen LogP contribution < -0.4 is 9.47 Å². The highest BCUT2D eigenvalue weighted by atomic mass is 16.6. The van der Waals surface area contributed by atoms with Crippen LogP contribution in [0.4, 0.5) is 0 Å². The van der Waals surface area contributed by atoms with E-state index in [1.54, 1.807) is 18.2 Å². The van der Waals surface area contributed by atoms with Crippen LogP contribution in [0.1, 0.15) is 26.7 Å². The van der Waals surface area contributed by atoms with Crippen LogP contribution in [0.25, 0.3) is 0 Å². The van der Waals surface area contributed by atoms with Crippen molar-refractivity contribution in [2.24, 2.45) is 0 Å². The zero-order chi connectivity index (χ0) is 14.1. The van der Waals surface area contributed by atoms with Crippen LogP contribution in [0.3, 0.4) is 0 Å². The van der Waals surface area contributed by atoms with Gasteiger partial charge in [-0.2, -0.15) is 0 Å². The Morgan fingerprint density at radius 1 is 1.00 bits per heavy atom. The molecule has 1 N–H and O–H groups in total. The van der Waals surface area contributed by atoms with E-state index in [4.69, 9.17) is 19.0 Å². The molecule has 1 aliphatic heterocycles. The number of para-hydroxylation sites is 1. The maximum Gasteiger partial charge on any atom is 0.371 e. The van der Waals surface area contributed by atoms with Gasteiger partial charge in [0, 0.05) is 0 Å². The van der Waals surface area contributed by atoms with Crippen molar-refractivity contribution in [2.75, 3.05) is 13.2 Å². The van der Waals surface area contributed by atoms with Crippen molar-refractivity contribution in [1.29, 1.82) is 0 Å². The van der Waals surface area contributed by atoms with Crippen molar-refractivity contribution in [2.45, 2.75) is 0 Å². The number of ether oxygens (including phenoxy) is 2. The fourth-order valence-corrected chi connectivity index (χ4v) is 1.96. The molecule has 0 aliphatic carbocycles. The number of ketones is 1. The number of fused-ring (bicyclic) bond motifs is 1. The number of hydrogen-bond donors (Lipinski definition) is 1. The van der Waals surface area contributed by atoms with Crippen molar-refractivity contribution in [1.82, 2.24) is 0 Å². The molecule has 1 aromatic heterocycles. The Balaban J connectivity index is 2.00. The molecule has 3 rings (SSSR count). The summed E-state index contributed by atoms with van der Waals surface area (Å²) in [5, 5.41) is 8.79. The Kier molecular flexibility index (Phi) is 2.90. The van der Waals surface area contributed by atoms with Crippen molar-refractivity contribution in [3.05, 3.63) is 47.4 Å². The summed E-state index contributed by atoms with van der Waals surface area (Å²) in [6.07, 6.45) is 0. The SMILES string of the molecule is O=C(O)c1ccc(C(=O)c2cccc3c2OCCO3)o1. The summed E-state index contributed by atoms with van der Waals surface area (Å²) < 4.78 is 15.8. The van der Waals surface area contributed by atoms with Gasteiger partial charge in [0.1, 0.15) is 13.2 Å². The third kappa shape index (κ3) is 2.01. The van der Waals surface area contributed by atoms with Crippen molar-refractivity contribution < 1.29 is 28.6 Å². The van der Waals surface area contributed by atoms with Crippen LogP contribution in [0, 0.1) is 0 Å². The van der Waals surface area contributed by atoms with E-state index in [1.165, 1.54) is 12.1 Å². The summed E-state index contributed by atoms with van der Waals surface area (Å²) in [6, 6.07) is 7.52. The van der Waals surface area contributed by atoms with Crippen LogP contribution in [0.2, 0.25) is 0 Å². The number of aromatic carboxylic acids is 1. The lowest BCUT2D eigenvalue weighted by Crippen LogP contribution is -2.17. The largest absolute Gasteiger partial charge is 0.486 e. The fourth-order valence-electron chi connectivity index (χ4n) is 1.96. The molecule has 1 aromatic carbocycles. The van der Waals surface area contributed by atoms with E-state index in [-0.39, 0.29) is 17.1 Å². The molecule has 0 amide bonds. The molecule has 102 valence electrons. The van der Waals surface area contributed by atoms with Crippen molar-refractivity contribution in [3.8, 4) is 11.5 Å². The smallest absolute Gasteiger partial charge is 0.371 e. The summed E-state index contributed by atoms with van der Waals surface area (Å²) in [5.74, 6) is -1.15. The standard InChI is InChI=1S/C14H10O6/c15-12(9-4-5-11(20-9)14(16)17)8-2-1-3-10-13(8)19-7-6-18-10/h1-5H,6-7H2,(H,16,17). The van der Waals surface area contributed by atoms with Gasteiger partial charge in [0.05, 0.1) is 5.56 Å². The van der Waals surface area contributed by atoms with Gasteiger partial charge in [0.25, 0.3) is 0 Å². The number of carbonyl (C=O) groups is 2. The van der Waals surface area contributed by atoms with Crippen molar-refractivity contribution in [3.63, 3.8) is 0 Å². The molecule has 0 bridgehead atoms. The van der Waals surface area contributed by atoms with Crippen molar-refractivity contribution >= 4 is 11.8 Å². The first kappa shape index (κ1) is 12.3. The zero-order valence-electron chi connectivity index (χ0n) is 10.3. The highest BCUT2D eigenvalue weighted by Crippen LogP contribution is 2.34. The molecule has 0 fully saturated rings. The monoisotopic (exact) mass is 274 g/mol. The lowest BCUT2D eigenvalue weighted by molar-refractivity contribution is 0.0660. The third-order valence-electron chi connectivity index (χ3n) is 2.85. The van der Waals surface area contributed by atoms with Gasteiger partial charge < -0.3 is 19.0 Å². The number of hydrogen-bond acceptors (Lipinski definition) is 5. The Hall–Kier alpha value is -2.76. The summed E-state index contributed by atoms with van der Waals surface area (Å²) in [4.78, 5) is 23.1. The van der Waals surface area contributed by atoms with E-state index in [0.29, 0.717) is 24.7 Å². The van der Waals surface area contributed by atoms with Crippen LogP contribution in [0.5, 0.6) is 11.5 Å². The minimum absolute atomic E-state index is 0.0510. The zero-order valence-corrected chi connectivity index (χ0v) is 10.3. The maximum absolute atomic E-state index is 12.3. The summed E-state index contributed by atoms with van der Waals surface area (Å²) in [6.45, 7) is 0.782. The average Bonchev–Trinajstić information content (AvgIpc) is 2.96. The predicted molar refractivity (Wildman–Crippen MR) is 66.5 cm³/mol. The van der Waals surface area contributed by atoms with Gasteiger partial charge >= 0.3 is 5.97 Å². The summed E-state index contributed by atoms with van der Waals surface area (Å²) >= 11 is 0. The molecule has 0 unspecified atom stereocenters. The highest BCUT2D eigenvalue weighted by Gasteiger charge is 2.24. The number of furan rings is 1. The second-order valence-electron chi connectivity index (χ2n) is 4.13. The predicted octanol–water partition coefficient (Wildman–Crippen LogP) is 1.98. The van der Waals surface area contributed by atoms with Crippen LogP contribution in [0.15, 0.2) is 34.7 Å². The summed E-state index contributed by atoms with van der Waals surface area (Å²) in [7, 11) is 0. The van der Waals surface area contributed by atoms with E-state index >= 15 is 0 Å². The second-order valence-corrected chi connectivity index (χ2v) is 4.13. The number of rotatable bonds is 3. The molecule has 0 saturated carbocycles. The molecular formula is C14H10O6. The minimum Gasteiger partial charge on any atom is -0.486 e. The van der Waals surface area contributed by atoms with Gasteiger partial charge in [-0.3, -0.25) is 4.79 Å². The van der Waals surface area contributed by atoms with E-state index in [2.05, 4.69) is 0 Å². The Morgan fingerprint density at radius 2 is 1.75 bits per heavy atom. The molecular weight excluding hydrogens is 264 g/mol. The molecule has 0 atom stereocenters. The van der Waals surface area contributed by atoms with E-state index in [1.807, 2.05) is 0 Å². The van der Waals surface area contributed by atoms with Gasteiger partial charge in [0.2, 0.25) is 11.5 Å². The van der Waals surface area contributed by atoms with E-state index < -0.39 is 11.8 Å². The lowest BCUT2D eigenvalue weighted by atomic mass is 10.1. The molecule has 0 radical (unpaired) electrons. The molecule has 0 saturated heterocycles. The normalized spacial score (nSPS) is 13.0. The third-order valence-corrected chi connectivity index (χ3v) is 2.85. The minimum atomic E-state index is -1.22. The number of carboxylic acids is 1. The molecule has 6 heteroatoms. The molecule has 6 nitrogen and oxygen atoms in total. The van der Waals surface area contributed by atoms with Gasteiger partial charge in [-0.05, 0) is 24.3 Å². The van der Waals surface area contributed by atoms with Crippen LogP contribution in [-0.4, -0.2) is 30.1 Å². The lowest BCUT2D eigenvalue weighted by Gasteiger charge is -2.20. The van der Waals surface area contributed by atoms with Gasteiger partial charge in [0.15, 0.2) is 17.3 Å². The maximum atomic E-state index is 12.3. The average molecular weight is 274 g/mol. The Labute approximate surface area is 113 Å². The second kappa shape index (κ2) is 4.73. The Morgan fingerprint density at radius 3 is 2.50 bits per heavy atom. The van der Waals surface area contributed by atoms with E-state index in [9.17, 15) is 9.59 Å². The molecule has 2 heterocycles. The van der Waals surface area contributed by atoms with Gasteiger partial charge in [-0.25, -0.2) is 4.79 Å². The number of carboxylic acid groups (broad SMARTS) is 1. The first-order chi connectivity index (χ1) is 9.66. The molecule has 0 spiro atoms. The molecule has 1 aliphatic rings. The van der Waals surface area contributed by atoms with Gasteiger partial charge in [-0.1, -0.05) is 6.07 Å². The highest BCUT2D eigenvalue weighted by molar-refractivity contribution is 6.09. The van der Waals surface area contributed by atoms with Crippen LogP contribution in [-0.2, 0) is 0 Å². The van der Waals surface area contributed by atoms with Crippen LogP contribution >= 0.6 is 0 Å². The topological polar surface area (TPSA) is 86.0 Å². The molecule has 2 aromatic rings.